The second-order valence-electron chi connectivity index (χ2n) is 11.6. The molecule has 0 amide bonds. The van der Waals surface area contributed by atoms with Crippen LogP contribution >= 0.6 is 0 Å². The van der Waals surface area contributed by atoms with E-state index in [1.54, 1.807) is 0 Å². The predicted molar refractivity (Wildman–Crippen MR) is 188 cm³/mol. The summed E-state index contributed by atoms with van der Waals surface area (Å²) in [6.45, 7) is 14.4. The van der Waals surface area contributed by atoms with Gasteiger partial charge < -0.3 is 5.11 Å². The number of benzene rings is 6. The van der Waals surface area contributed by atoms with E-state index in [1.165, 1.54) is 65.7 Å². The van der Waals surface area contributed by atoms with Crippen molar-refractivity contribution in [3.63, 3.8) is 0 Å². The summed E-state index contributed by atoms with van der Waals surface area (Å²) in [4.78, 5) is 0. The van der Waals surface area contributed by atoms with Gasteiger partial charge in [0.15, 0.2) is 0 Å². The van der Waals surface area contributed by atoms with Crippen LogP contribution in [0.1, 0.15) is 45.2 Å². The summed E-state index contributed by atoms with van der Waals surface area (Å²) in [5.74, 6) is 0.267. The highest BCUT2D eigenvalue weighted by molar-refractivity contribution is 6.23. The summed E-state index contributed by atoms with van der Waals surface area (Å²) in [6.07, 6.45) is 0.894. The second-order valence-corrected chi connectivity index (χ2v) is 11.6. The summed E-state index contributed by atoms with van der Waals surface area (Å²) < 4.78 is 0. The minimum absolute atomic E-state index is 0.267. The lowest BCUT2D eigenvalue weighted by molar-refractivity contribution is 0.419. The minimum Gasteiger partial charge on any atom is -0.507 e. The largest absolute Gasteiger partial charge is 0.507 e. The Kier molecular flexibility index (Phi) is 7.50. The normalized spacial score (nSPS) is 12.9. The number of allylic oxidation sites excluding steroid dienone is 4. The molecule has 0 fully saturated rings. The number of aliphatic hydroxyl groups is 1. The first-order valence-corrected chi connectivity index (χ1v) is 15.1. The van der Waals surface area contributed by atoms with Gasteiger partial charge >= 0.3 is 0 Å². The summed E-state index contributed by atoms with van der Waals surface area (Å²) >= 11 is 0. The predicted octanol–water partition coefficient (Wildman–Crippen LogP) is 12.4. The first-order valence-electron chi connectivity index (χ1n) is 15.1. The Bertz CT molecular complexity index is 2060. The Morgan fingerprint density at radius 1 is 0.605 bits per heavy atom. The Labute approximate surface area is 255 Å². The fourth-order valence-electron chi connectivity index (χ4n) is 6.70. The molecule has 6 aromatic carbocycles. The Morgan fingerprint density at radius 2 is 1.07 bits per heavy atom. The SMILES string of the molecule is C=C(C)/C(O)=C(C)\C(=C(\C)CC)c1cccc(-c2c3ccccc3c(-c3cccc4ccccc34)c3ccccc23)c1C. The zero-order valence-electron chi connectivity index (χ0n) is 25.8. The molecule has 212 valence electrons. The molecule has 0 aliphatic carbocycles. The second kappa shape index (κ2) is 11.4. The molecule has 6 aromatic rings. The molecule has 0 aliphatic rings. The summed E-state index contributed by atoms with van der Waals surface area (Å²) in [5.41, 5.74) is 11.2. The first kappa shape index (κ1) is 28.2. The number of hydrogen-bond donors (Lipinski definition) is 1. The van der Waals surface area contributed by atoms with Crippen LogP contribution in [0.5, 0.6) is 0 Å². The van der Waals surface area contributed by atoms with Crippen LogP contribution in [0.4, 0.5) is 0 Å². The van der Waals surface area contributed by atoms with E-state index < -0.39 is 0 Å². The average molecular weight is 559 g/mol. The summed E-state index contributed by atoms with van der Waals surface area (Å²) in [6, 6.07) is 39.6. The van der Waals surface area contributed by atoms with Gasteiger partial charge in [0.25, 0.3) is 0 Å². The van der Waals surface area contributed by atoms with E-state index in [-0.39, 0.29) is 5.76 Å². The van der Waals surface area contributed by atoms with Crippen LogP contribution in [0.25, 0.3) is 60.1 Å². The maximum atomic E-state index is 11.0. The molecule has 6 rings (SSSR count). The van der Waals surface area contributed by atoms with Crippen LogP contribution in [0.15, 0.2) is 138 Å². The van der Waals surface area contributed by atoms with E-state index in [1.807, 2.05) is 13.8 Å². The summed E-state index contributed by atoms with van der Waals surface area (Å²) in [7, 11) is 0. The van der Waals surface area contributed by atoms with E-state index in [2.05, 4.69) is 137 Å². The van der Waals surface area contributed by atoms with Crippen molar-refractivity contribution >= 4 is 37.9 Å². The van der Waals surface area contributed by atoms with Gasteiger partial charge in [-0.05, 0) is 117 Å². The topological polar surface area (TPSA) is 20.2 Å². The Balaban J connectivity index is 1.72. The van der Waals surface area contributed by atoms with E-state index in [0.29, 0.717) is 5.57 Å². The number of hydrogen-bond acceptors (Lipinski definition) is 1. The van der Waals surface area contributed by atoms with Crippen molar-refractivity contribution in [3.8, 4) is 22.3 Å². The van der Waals surface area contributed by atoms with Gasteiger partial charge in [-0.25, -0.2) is 0 Å². The third-order valence-electron chi connectivity index (χ3n) is 8.95. The van der Waals surface area contributed by atoms with E-state index in [9.17, 15) is 5.11 Å². The van der Waals surface area contributed by atoms with Crippen molar-refractivity contribution in [2.24, 2.45) is 0 Å². The Hall–Kier alpha value is -4.88. The third-order valence-corrected chi connectivity index (χ3v) is 8.95. The smallest absolute Gasteiger partial charge is 0.121 e. The fourth-order valence-corrected chi connectivity index (χ4v) is 6.70. The highest BCUT2D eigenvalue weighted by atomic mass is 16.3. The van der Waals surface area contributed by atoms with Gasteiger partial charge in [0.05, 0.1) is 0 Å². The van der Waals surface area contributed by atoms with Gasteiger partial charge in [-0.1, -0.05) is 128 Å². The number of aliphatic hydroxyl groups excluding tert-OH is 1. The van der Waals surface area contributed by atoms with Crippen molar-refractivity contribution in [1.82, 2.24) is 0 Å². The molecule has 0 aliphatic heterocycles. The Morgan fingerprint density at radius 3 is 1.63 bits per heavy atom. The van der Waals surface area contributed by atoms with Gasteiger partial charge in [-0.15, -0.1) is 0 Å². The van der Waals surface area contributed by atoms with Gasteiger partial charge in [0, 0.05) is 0 Å². The lowest BCUT2D eigenvalue weighted by Gasteiger charge is -2.22. The standard InChI is InChI=1S/C42H38O/c1-7-27(4)39(29(6)42(43)26(2)3)31-23-15-24-32(28(31)5)40-35-19-10-12-21-37(35)41(38-22-13-11-20-36(38)40)34-25-14-17-30-16-8-9-18-33(30)34/h8-25,43H,2,7H2,1,3-6H3/b39-27+,42-29+. The quantitative estimate of drug-likeness (QED) is 0.122. The molecule has 0 heterocycles. The molecular weight excluding hydrogens is 520 g/mol. The molecule has 0 radical (unpaired) electrons. The minimum atomic E-state index is 0.267. The van der Waals surface area contributed by atoms with E-state index in [4.69, 9.17) is 0 Å². The fraction of sp³-hybridized carbons (Fsp3) is 0.143. The number of fused-ring (bicyclic) bond motifs is 3. The van der Waals surface area contributed by atoms with Gasteiger partial charge in [-0.2, -0.15) is 0 Å². The maximum absolute atomic E-state index is 11.0. The molecule has 1 N–H and O–H groups in total. The molecule has 0 spiro atoms. The van der Waals surface area contributed by atoms with Crippen LogP contribution in [0.2, 0.25) is 0 Å². The van der Waals surface area contributed by atoms with Gasteiger partial charge in [-0.3, -0.25) is 0 Å². The molecule has 0 aromatic heterocycles. The number of rotatable bonds is 6. The van der Waals surface area contributed by atoms with Crippen molar-refractivity contribution in [1.29, 1.82) is 0 Å². The van der Waals surface area contributed by atoms with Crippen LogP contribution in [-0.4, -0.2) is 5.11 Å². The average Bonchev–Trinajstić information content (AvgIpc) is 3.04. The highest BCUT2D eigenvalue weighted by Crippen LogP contribution is 2.47. The van der Waals surface area contributed by atoms with Crippen molar-refractivity contribution in [3.05, 3.63) is 149 Å². The molecule has 43 heavy (non-hydrogen) atoms. The summed E-state index contributed by atoms with van der Waals surface area (Å²) in [5, 5.41) is 18.5. The maximum Gasteiger partial charge on any atom is 0.121 e. The van der Waals surface area contributed by atoms with Gasteiger partial charge in [0.2, 0.25) is 0 Å². The molecule has 0 unspecified atom stereocenters. The first-order chi connectivity index (χ1) is 20.8. The van der Waals surface area contributed by atoms with Crippen LogP contribution < -0.4 is 0 Å². The van der Waals surface area contributed by atoms with E-state index >= 15 is 0 Å². The molecule has 0 bridgehead atoms. The van der Waals surface area contributed by atoms with Crippen LogP contribution in [0, 0.1) is 6.92 Å². The van der Waals surface area contributed by atoms with Crippen molar-refractivity contribution in [2.45, 2.75) is 41.0 Å². The molecule has 0 saturated carbocycles. The molecular formula is C42H38O. The highest BCUT2D eigenvalue weighted by Gasteiger charge is 2.21. The third kappa shape index (κ3) is 4.76. The van der Waals surface area contributed by atoms with Crippen molar-refractivity contribution < 1.29 is 5.11 Å². The zero-order chi connectivity index (χ0) is 30.2. The monoisotopic (exact) mass is 558 g/mol. The molecule has 0 saturated heterocycles. The van der Waals surface area contributed by atoms with Crippen LogP contribution in [-0.2, 0) is 0 Å². The lowest BCUT2D eigenvalue weighted by atomic mass is 9.81. The molecule has 1 heteroatoms. The molecule has 1 nitrogen and oxygen atoms in total. The van der Waals surface area contributed by atoms with Crippen LogP contribution in [0.3, 0.4) is 0 Å². The molecule has 0 atom stereocenters. The zero-order valence-corrected chi connectivity index (χ0v) is 25.8. The van der Waals surface area contributed by atoms with Crippen molar-refractivity contribution in [2.75, 3.05) is 0 Å². The lowest BCUT2D eigenvalue weighted by Crippen LogP contribution is -2.00. The van der Waals surface area contributed by atoms with Gasteiger partial charge in [0.1, 0.15) is 5.76 Å². The van der Waals surface area contributed by atoms with E-state index in [0.717, 1.165) is 23.1 Å².